The first kappa shape index (κ1) is 18.9. The van der Waals surface area contributed by atoms with Crippen LogP contribution in [0.1, 0.15) is 76.7 Å². The predicted octanol–water partition coefficient (Wildman–Crippen LogP) is 5.80. The Labute approximate surface area is 138 Å². The Hall–Kier alpha value is -1.18. The third-order valence-electron chi connectivity index (χ3n) is 4.45. The van der Waals surface area contributed by atoms with Crippen molar-refractivity contribution in [3.63, 3.8) is 0 Å². The van der Waals surface area contributed by atoms with Crippen molar-refractivity contribution in [1.29, 1.82) is 0 Å². The molecule has 0 aliphatic carbocycles. The summed E-state index contributed by atoms with van der Waals surface area (Å²) in [6, 6.07) is 6.39. The van der Waals surface area contributed by atoms with Crippen LogP contribution in [-0.4, -0.2) is 14.1 Å². The Balaban J connectivity index is 2.11. The molecular weight excluding hydrogens is 268 g/mol. The second-order valence-corrected chi connectivity index (χ2v) is 6.68. The van der Waals surface area contributed by atoms with Crippen molar-refractivity contribution in [3.8, 4) is 0 Å². The topological polar surface area (TPSA) is 29.3 Å². The molecule has 0 aromatic heterocycles. The number of nitrogen functional groups attached to an aromatic ring is 1. The fourth-order valence-corrected chi connectivity index (χ4v) is 3.01. The van der Waals surface area contributed by atoms with E-state index in [0.29, 0.717) is 0 Å². The first-order valence-corrected chi connectivity index (χ1v) is 9.21. The molecule has 0 spiro atoms. The lowest BCUT2D eigenvalue weighted by molar-refractivity contribution is 0.556. The number of hydrogen-bond acceptors (Lipinski definition) is 2. The van der Waals surface area contributed by atoms with E-state index in [1.165, 1.54) is 69.8 Å². The monoisotopic (exact) mass is 304 g/mol. The van der Waals surface area contributed by atoms with Crippen molar-refractivity contribution in [1.82, 2.24) is 0 Å². The summed E-state index contributed by atoms with van der Waals surface area (Å²) >= 11 is 0. The average Bonchev–Trinajstić information content (AvgIpc) is 2.50. The van der Waals surface area contributed by atoms with E-state index in [0.717, 1.165) is 17.8 Å². The van der Waals surface area contributed by atoms with Crippen LogP contribution in [0.2, 0.25) is 0 Å². The van der Waals surface area contributed by atoms with E-state index in [-0.39, 0.29) is 0 Å². The van der Waals surface area contributed by atoms with Gasteiger partial charge < -0.3 is 10.6 Å². The van der Waals surface area contributed by atoms with Crippen molar-refractivity contribution in [2.24, 2.45) is 0 Å². The zero-order valence-corrected chi connectivity index (χ0v) is 15.0. The highest BCUT2D eigenvalue weighted by atomic mass is 15.1. The standard InChI is InChI=1S/C20H36N2/c1-4-5-6-7-8-9-10-11-12-13-15-18-16-14-17-19(20(18)21)22(2)3/h14,16-17H,4-13,15,21H2,1-3H3. The molecule has 0 aliphatic heterocycles. The lowest BCUT2D eigenvalue weighted by Gasteiger charge is -2.17. The van der Waals surface area contributed by atoms with Crippen LogP contribution in [0.4, 0.5) is 11.4 Å². The van der Waals surface area contributed by atoms with Gasteiger partial charge in [-0.2, -0.15) is 0 Å². The Morgan fingerprint density at radius 1 is 0.818 bits per heavy atom. The first-order chi connectivity index (χ1) is 10.7. The van der Waals surface area contributed by atoms with Crippen molar-refractivity contribution < 1.29 is 0 Å². The van der Waals surface area contributed by atoms with Crippen LogP contribution in [0.3, 0.4) is 0 Å². The van der Waals surface area contributed by atoms with Gasteiger partial charge in [0.2, 0.25) is 0 Å². The Kier molecular flexibility index (Phi) is 9.77. The third kappa shape index (κ3) is 7.20. The van der Waals surface area contributed by atoms with E-state index in [4.69, 9.17) is 5.73 Å². The fraction of sp³-hybridized carbons (Fsp3) is 0.700. The van der Waals surface area contributed by atoms with Gasteiger partial charge in [-0.05, 0) is 24.5 Å². The summed E-state index contributed by atoms with van der Waals surface area (Å²) in [7, 11) is 4.10. The number of unbranched alkanes of at least 4 members (excludes halogenated alkanes) is 9. The summed E-state index contributed by atoms with van der Waals surface area (Å²) in [5.41, 5.74) is 9.68. The normalized spacial score (nSPS) is 10.9. The minimum absolute atomic E-state index is 0.962. The van der Waals surface area contributed by atoms with Gasteiger partial charge in [0.05, 0.1) is 11.4 Å². The molecule has 1 aromatic rings. The Morgan fingerprint density at radius 3 is 1.91 bits per heavy atom. The second kappa shape index (κ2) is 11.4. The van der Waals surface area contributed by atoms with Crippen molar-refractivity contribution in [2.75, 3.05) is 24.7 Å². The number of para-hydroxylation sites is 1. The van der Waals surface area contributed by atoms with Crippen LogP contribution < -0.4 is 10.6 Å². The van der Waals surface area contributed by atoms with Crippen molar-refractivity contribution in [3.05, 3.63) is 23.8 Å². The predicted molar refractivity (Wildman–Crippen MR) is 101 cm³/mol. The van der Waals surface area contributed by atoms with Crippen molar-refractivity contribution in [2.45, 2.75) is 77.6 Å². The maximum absolute atomic E-state index is 6.26. The van der Waals surface area contributed by atoms with E-state index >= 15 is 0 Å². The molecule has 2 N–H and O–H groups in total. The van der Waals surface area contributed by atoms with Gasteiger partial charge in [-0.15, -0.1) is 0 Å². The first-order valence-electron chi connectivity index (χ1n) is 9.21. The largest absolute Gasteiger partial charge is 0.397 e. The average molecular weight is 305 g/mol. The zero-order valence-electron chi connectivity index (χ0n) is 15.0. The highest BCUT2D eigenvalue weighted by Crippen LogP contribution is 2.26. The molecule has 0 radical (unpaired) electrons. The Bertz CT molecular complexity index is 399. The van der Waals surface area contributed by atoms with Crippen LogP contribution in [0, 0.1) is 0 Å². The number of nitrogens with zero attached hydrogens (tertiary/aromatic N) is 1. The van der Waals surface area contributed by atoms with Gasteiger partial charge in [0.25, 0.3) is 0 Å². The molecule has 0 fully saturated rings. The molecule has 2 nitrogen and oxygen atoms in total. The lowest BCUT2D eigenvalue weighted by Crippen LogP contribution is -2.12. The van der Waals surface area contributed by atoms with E-state index in [1.807, 2.05) is 0 Å². The summed E-state index contributed by atoms with van der Waals surface area (Å²) < 4.78 is 0. The van der Waals surface area contributed by atoms with Crippen LogP contribution in [0.25, 0.3) is 0 Å². The molecule has 0 amide bonds. The molecule has 22 heavy (non-hydrogen) atoms. The van der Waals surface area contributed by atoms with E-state index in [2.05, 4.69) is 44.1 Å². The molecule has 0 saturated heterocycles. The summed E-state index contributed by atoms with van der Waals surface area (Å²) in [6.45, 7) is 2.28. The minimum atomic E-state index is 0.962. The van der Waals surface area contributed by atoms with Gasteiger partial charge in [0.1, 0.15) is 0 Å². The number of anilines is 2. The third-order valence-corrected chi connectivity index (χ3v) is 4.45. The fourth-order valence-electron chi connectivity index (χ4n) is 3.01. The number of aryl methyl sites for hydroxylation is 1. The summed E-state index contributed by atoms with van der Waals surface area (Å²) in [5, 5.41) is 0. The molecule has 1 aromatic carbocycles. The number of rotatable bonds is 12. The molecule has 2 heteroatoms. The highest BCUT2D eigenvalue weighted by Gasteiger charge is 2.06. The maximum Gasteiger partial charge on any atom is 0.0597 e. The number of nitrogens with two attached hydrogens (primary N) is 1. The maximum atomic E-state index is 6.26. The van der Waals surface area contributed by atoms with E-state index in [1.54, 1.807) is 0 Å². The molecular formula is C20H36N2. The summed E-state index contributed by atoms with van der Waals surface area (Å²) in [6.07, 6.45) is 15.0. The van der Waals surface area contributed by atoms with Gasteiger partial charge in [-0.3, -0.25) is 0 Å². The molecule has 126 valence electrons. The highest BCUT2D eigenvalue weighted by molar-refractivity contribution is 5.70. The molecule has 0 atom stereocenters. The van der Waals surface area contributed by atoms with Crippen LogP contribution >= 0.6 is 0 Å². The van der Waals surface area contributed by atoms with Gasteiger partial charge in [-0.25, -0.2) is 0 Å². The second-order valence-electron chi connectivity index (χ2n) is 6.68. The van der Waals surface area contributed by atoms with Gasteiger partial charge in [-0.1, -0.05) is 76.8 Å². The van der Waals surface area contributed by atoms with Crippen LogP contribution in [0.5, 0.6) is 0 Å². The molecule has 0 heterocycles. The van der Waals surface area contributed by atoms with Crippen LogP contribution in [-0.2, 0) is 6.42 Å². The number of benzene rings is 1. The quantitative estimate of drug-likeness (QED) is 0.390. The van der Waals surface area contributed by atoms with Crippen molar-refractivity contribution >= 4 is 11.4 Å². The van der Waals surface area contributed by atoms with Gasteiger partial charge in [0, 0.05) is 14.1 Å². The SMILES string of the molecule is CCCCCCCCCCCCc1cccc(N(C)C)c1N. The van der Waals surface area contributed by atoms with E-state index < -0.39 is 0 Å². The summed E-state index contributed by atoms with van der Waals surface area (Å²) in [4.78, 5) is 2.09. The molecule has 1 rings (SSSR count). The summed E-state index contributed by atoms with van der Waals surface area (Å²) in [5.74, 6) is 0. The molecule has 0 aliphatic rings. The smallest absolute Gasteiger partial charge is 0.0597 e. The number of hydrogen-bond donors (Lipinski definition) is 1. The molecule has 0 bridgehead atoms. The minimum Gasteiger partial charge on any atom is -0.397 e. The Morgan fingerprint density at radius 2 is 1.36 bits per heavy atom. The van der Waals surface area contributed by atoms with Gasteiger partial charge >= 0.3 is 0 Å². The zero-order chi connectivity index (χ0) is 16.2. The molecule has 0 saturated carbocycles. The van der Waals surface area contributed by atoms with Gasteiger partial charge in [0.15, 0.2) is 0 Å². The van der Waals surface area contributed by atoms with Crippen LogP contribution in [0.15, 0.2) is 18.2 Å². The lowest BCUT2D eigenvalue weighted by atomic mass is 10.0. The van der Waals surface area contributed by atoms with E-state index in [9.17, 15) is 0 Å². The molecule has 0 unspecified atom stereocenters.